The number of pyridine rings is 1. The Bertz CT molecular complexity index is 1220. The summed E-state index contributed by atoms with van der Waals surface area (Å²) in [6.07, 6.45) is 0. The van der Waals surface area contributed by atoms with Crippen LogP contribution in [0, 0.1) is 6.92 Å². The number of fused-ring (bicyclic) bond motifs is 3. The van der Waals surface area contributed by atoms with Crippen LogP contribution >= 0.6 is 0 Å². The highest BCUT2D eigenvalue weighted by Crippen LogP contribution is 2.36. The van der Waals surface area contributed by atoms with Crippen molar-refractivity contribution in [3.05, 3.63) is 90.5 Å². The average Bonchev–Trinajstić information content (AvgIpc) is 3.06. The molecule has 0 aliphatic carbocycles. The van der Waals surface area contributed by atoms with Crippen LogP contribution in [0.2, 0.25) is 0 Å². The number of aryl methyl sites for hydroxylation is 1. The Hall–Kier alpha value is -3.39. The maximum Gasteiger partial charge on any atom is 0.139 e. The summed E-state index contributed by atoms with van der Waals surface area (Å²) >= 11 is 0. The van der Waals surface area contributed by atoms with Gasteiger partial charge in [0.05, 0.1) is 5.69 Å². The summed E-state index contributed by atoms with van der Waals surface area (Å²) in [6, 6.07) is 29.6. The van der Waals surface area contributed by atoms with Crippen molar-refractivity contribution < 1.29 is 0 Å². The molecule has 5 aromatic rings. The highest BCUT2D eigenvalue weighted by Gasteiger charge is 2.14. The molecule has 26 heavy (non-hydrogen) atoms. The van der Waals surface area contributed by atoms with Gasteiger partial charge in [-0.05, 0) is 36.2 Å². The second-order valence-electron chi connectivity index (χ2n) is 6.68. The molecule has 5 rings (SSSR count). The van der Waals surface area contributed by atoms with E-state index < -0.39 is 0 Å². The van der Waals surface area contributed by atoms with Crippen LogP contribution in [0.15, 0.2) is 84.9 Å². The van der Waals surface area contributed by atoms with E-state index in [1.807, 2.05) is 6.07 Å². The molecule has 0 saturated carbocycles. The standard InChI is InChI=1S/C24H18N2/c1-16-12-13-21-20(14-16)23-19(17-8-4-2-5-9-17)15-22(26-24(23)25-21)18-10-6-3-7-11-18/h2-15H,1H3,(H,25,26). The molecule has 3 aromatic carbocycles. The highest BCUT2D eigenvalue weighted by atomic mass is 14.9. The quantitative estimate of drug-likeness (QED) is 0.400. The number of aromatic nitrogens is 2. The van der Waals surface area contributed by atoms with Gasteiger partial charge in [0.1, 0.15) is 5.65 Å². The van der Waals surface area contributed by atoms with E-state index in [9.17, 15) is 0 Å². The summed E-state index contributed by atoms with van der Waals surface area (Å²) in [5.41, 5.74) is 7.85. The maximum absolute atomic E-state index is 4.94. The van der Waals surface area contributed by atoms with Gasteiger partial charge in [-0.3, -0.25) is 0 Å². The molecule has 0 radical (unpaired) electrons. The highest BCUT2D eigenvalue weighted by molar-refractivity contribution is 6.13. The minimum absolute atomic E-state index is 0.936. The van der Waals surface area contributed by atoms with E-state index in [-0.39, 0.29) is 0 Å². The molecule has 2 aromatic heterocycles. The topological polar surface area (TPSA) is 28.7 Å². The van der Waals surface area contributed by atoms with Crippen LogP contribution in [0.25, 0.3) is 44.3 Å². The number of H-pyrrole nitrogens is 1. The number of hydrogen-bond acceptors (Lipinski definition) is 1. The number of rotatable bonds is 2. The van der Waals surface area contributed by atoms with Crippen LogP contribution < -0.4 is 0 Å². The summed E-state index contributed by atoms with van der Waals surface area (Å²) in [6.45, 7) is 2.13. The summed E-state index contributed by atoms with van der Waals surface area (Å²) in [5, 5.41) is 2.42. The van der Waals surface area contributed by atoms with Crippen LogP contribution in [0.1, 0.15) is 5.56 Å². The van der Waals surface area contributed by atoms with Crippen molar-refractivity contribution >= 4 is 21.9 Å². The fourth-order valence-electron chi connectivity index (χ4n) is 3.61. The van der Waals surface area contributed by atoms with E-state index in [0.717, 1.165) is 22.4 Å². The number of hydrogen-bond donors (Lipinski definition) is 1. The van der Waals surface area contributed by atoms with E-state index in [0.29, 0.717) is 0 Å². The second-order valence-corrected chi connectivity index (χ2v) is 6.68. The first-order chi connectivity index (χ1) is 12.8. The monoisotopic (exact) mass is 334 g/mol. The lowest BCUT2D eigenvalue weighted by atomic mass is 9.98. The third kappa shape index (κ3) is 2.39. The van der Waals surface area contributed by atoms with Crippen molar-refractivity contribution in [2.24, 2.45) is 0 Å². The van der Waals surface area contributed by atoms with Crippen LogP contribution in [0.4, 0.5) is 0 Å². The van der Waals surface area contributed by atoms with Crippen molar-refractivity contribution in [2.75, 3.05) is 0 Å². The molecule has 0 aliphatic rings. The third-order valence-electron chi connectivity index (χ3n) is 4.87. The summed E-state index contributed by atoms with van der Waals surface area (Å²) < 4.78 is 0. The Balaban J connectivity index is 1.91. The largest absolute Gasteiger partial charge is 0.339 e. The van der Waals surface area contributed by atoms with Gasteiger partial charge in [-0.2, -0.15) is 0 Å². The minimum Gasteiger partial charge on any atom is -0.339 e. The number of aromatic amines is 1. The average molecular weight is 334 g/mol. The van der Waals surface area contributed by atoms with E-state index >= 15 is 0 Å². The minimum atomic E-state index is 0.936. The lowest BCUT2D eigenvalue weighted by Gasteiger charge is -2.08. The Morgan fingerprint density at radius 1 is 0.731 bits per heavy atom. The predicted molar refractivity (Wildman–Crippen MR) is 109 cm³/mol. The van der Waals surface area contributed by atoms with Gasteiger partial charge in [0.15, 0.2) is 0 Å². The molecular formula is C24H18N2. The smallest absolute Gasteiger partial charge is 0.139 e. The summed E-state index contributed by atoms with van der Waals surface area (Å²) in [7, 11) is 0. The lowest BCUT2D eigenvalue weighted by molar-refractivity contribution is 1.34. The fraction of sp³-hybridized carbons (Fsp3) is 0.0417. The van der Waals surface area contributed by atoms with Gasteiger partial charge >= 0.3 is 0 Å². The molecule has 1 N–H and O–H groups in total. The predicted octanol–water partition coefficient (Wildman–Crippen LogP) is 6.36. The molecular weight excluding hydrogens is 316 g/mol. The molecule has 0 fully saturated rings. The Labute approximate surface area is 152 Å². The van der Waals surface area contributed by atoms with Gasteiger partial charge < -0.3 is 4.98 Å². The van der Waals surface area contributed by atoms with Gasteiger partial charge in [0, 0.05) is 21.9 Å². The van der Waals surface area contributed by atoms with Crippen molar-refractivity contribution in [2.45, 2.75) is 6.92 Å². The summed E-state index contributed by atoms with van der Waals surface area (Å²) in [5.74, 6) is 0. The van der Waals surface area contributed by atoms with E-state index in [2.05, 4.69) is 90.8 Å². The SMILES string of the molecule is Cc1ccc2[nH]c3nc(-c4ccccc4)cc(-c4ccccc4)c3c2c1. The summed E-state index contributed by atoms with van der Waals surface area (Å²) in [4.78, 5) is 8.46. The van der Waals surface area contributed by atoms with Gasteiger partial charge in [0.25, 0.3) is 0 Å². The first kappa shape index (κ1) is 14.9. The Morgan fingerprint density at radius 3 is 2.15 bits per heavy atom. The third-order valence-corrected chi connectivity index (χ3v) is 4.87. The van der Waals surface area contributed by atoms with Crippen molar-refractivity contribution in [3.63, 3.8) is 0 Å². The van der Waals surface area contributed by atoms with Crippen molar-refractivity contribution in [1.29, 1.82) is 0 Å². The van der Waals surface area contributed by atoms with Gasteiger partial charge in [-0.1, -0.05) is 72.3 Å². The number of nitrogens with zero attached hydrogens (tertiary/aromatic N) is 1. The van der Waals surface area contributed by atoms with E-state index in [1.165, 1.54) is 27.5 Å². The van der Waals surface area contributed by atoms with Crippen molar-refractivity contribution in [3.8, 4) is 22.4 Å². The molecule has 0 atom stereocenters. The van der Waals surface area contributed by atoms with Crippen LogP contribution in [-0.4, -0.2) is 9.97 Å². The molecule has 2 heterocycles. The Kier molecular flexibility index (Phi) is 3.36. The molecule has 0 spiro atoms. The maximum atomic E-state index is 4.94. The van der Waals surface area contributed by atoms with Crippen molar-refractivity contribution in [1.82, 2.24) is 9.97 Å². The zero-order chi connectivity index (χ0) is 17.5. The zero-order valence-electron chi connectivity index (χ0n) is 14.5. The number of benzene rings is 3. The lowest BCUT2D eigenvalue weighted by Crippen LogP contribution is -1.88. The molecule has 0 aliphatic heterocycles. The van der Waals surface area contributed by atoms with E-state index in [4.69, 9.17) is 4.98 Å². The zero-order valence-corrected chi connectivity index (χ0v) is 14.5. The number of nitrogens with one attached hydrogen (secondary N) is 1. The van der Waals surface area contributed by atoms with Crippen LogP contribution in [0.5, 0.6) is 0 Å². The fourth-order valence-corrected chi connectivity index (χ4v) is 3.61. The molecule has 0 amide bonds. The second kappa shape index (κ2) is 5.85. The molecule has 0 unspecified atom stereocenters. The first-order valence-corrected chi connectivity index (χ1v) is 8.83. The van der Waals surface area contributed by atoms with Crippen LogP contribution in [0.3, 0.4) is 0 Å². The van der Waals surface area contributed by atoms with Crippen LogP contribution in [-0.2, 0) is 0 Å². The molecule has 2 heteroatoms. The first-order valence-electron chi connectivity index (χ1n) is 8.83. The van der Waals surface area contributed by atoms with Gasteiger partial charge in [0.2, 0.25) is 0 Å². The molecule has 124 valence electrons. The molecule has 2 nitrogen and oxygen atoms in total. The normalized spacial score (nSPS) is 11.3. The Morgan fingerprint density at radius 2 is 1.42 bits per heavy atom. The van der Waals surface area contributed by atoms with E-state index in [1.54, 1.807) is 0 Å². The molecule has 0 saturated heterocycles. The molecule has 0 bridgehead atoms. The van der Waals surface area contributed by atoms with Gasteiger partial charge in [-0.25, -0.2) is 4.98 Å². The van der Waals surface area contributed by atoms with Gasteiger partial charge in [-0.15, -0.1) is 0 Å².